The van der Waals surface area contributed by atoms with Crippen LogP contribution in [0.5, 0.6) is 5.75 Å². The van der Waals surface area contributed by atoms with Crippen molar-refractivity contribution in [1.82, 2.24) is 5.32 Å². The minimum Gasteiger partial charge on any atom is -0.490 e. The van der Waals surface area contributed by atoms with Crippen LogP contribution in [0.4, 0.5) is 5.69 Å². The number of rotatable bonds is 0. The van der Waals surface area contributed by atoms with E-state index in [2.05, 4.69) is 47.6 Å². The summed E-state index contributed by atoms with van der Waals surface area (Å²) in [6.07, 6.45) is 1.19. The van der Waals surface area contributed by atoms with Crippen LogP contribution in [0.3, 0.4) is 0 Å². The molecule has 0 radical (unpaired) electrons. The average Bonchev–Trinajstić information content (AvgIpc) is 2.56. The third kappa shape index (κ3) is 3.37. The number of para-hydroxylation sites is 2. The van der Waals surface area contributed by atoms with Gasteiger partial charge in [0.25, 0.3) is 0 Å². The van der Waals surface area contributed by atoms with Crippen LogP contribution in [-0.4, -0.2) is 26.7 Å². The van der Waals surface area contributed by atoms with Gasteiger partial charge in [0, 0.05) is 13.6 Å². The summed E-state index contributed by atoms with van der Waals surface area (Å²) in [5.74, 6) is 1.00. The summed E-state index contributed by atoms with van der Waals surface area (Å²) >= 11 is 0. The van der Waals surface area contributed by atoms with E-state index in [0.717, 1.165) is 32.0 Å². The van der Waals surface area contributed by atoms with Crippen molar-refractivity contribution >= 4 is 5.69 Å². The molecule has 2 heterocycles. The highest BCUT2D eigenvalue weighted by atomic mass is 16.5. The highest BCUT2D eigenvalue weighted by molar-refractivity contribution is 5.58. The van der Waals surface area contributed by atoms with Crippen molar-refractivity contribution in [3.8, 4) is 5.75 Å². The Bertz CT molecular complexity index is 572. The van der Waals surface area contributed by atoms with Crippen LogP contribution in [0.2, 0.25) is 0 Å². The van der Waals surface area contributed by atoms with Crippen molar-refractivity contribution in [2.45, 2.75) is 13.0 Å². The fourth-order valence-electron chi connectivity index (χ4n) is 2.73. The zero-order valence-corrected chi connectivity index (χ0v) is 12.5. The van der Waals surface area contributed by atoms with Gasteiger partial charge in [-0.05, 0) is 36.2 Å². The minimum atomic E-state index is 0.799. The van der Waals surface area contributed by atoms with Crippen molar-refractivity contribution in [2.24, 2.45) is 0 Å². The Hall–Kier alpha value is -2.00. The van der Waals surface area contributed by atoms with Gasteiger partial charge in [-0.1, -0.05) is 36.4 Å². The number of nitrogens with zero attached hydrogens (tertiary/aromatic N) is 1. The molecule has 2 aromatic rings. The average molecular weight is 282 g/mol. The van der Waals surface area contributed by atoms with Gasteiger partial charge in [0.05, 0.1) is 12.2 Å². The van der Waals surface area contributed by atoms with Crippen LogP contribution >= 0.6 is 0 Å². The molecule has 3 nitrogen and oxygen atoms in total. The van der Waals surface area contributed by atoms with Gasteiger partial charge in [0.1, 0.15) is 12.4 Å². The van der Waals surface area contributed by atoms with Crippen molar-refractivity contribution in [3.05, 3.63) is 59.7 Å². The summed E-state index contributed by atoms with van der Waals surface area (Å²) in [4.78, 5) is 2.21. The fourth-order valence-corrected chi connectivity index (χ4v) is 2.73. The van der Waals surface area contributed by atoms with Crippen LogP contribution in [0.1, 0.15) is 11.1 Å². The van der Waals surface area contributed by atoms with Gasteiger partial charge in [-0.25, -0.2) is 0 Å². The van der Waals surface area contributed by atoms with Crippen LogP contribution in [0, 0.1) is 0 Å². The normalized spacial score (nSPS) is 16.0. The predicted molar refractivity (Wildman–Crippen MR) is 87.1 cm³/mol. The molecule has 3 heteroatoms. The Kier molecular flexibility index (Phi) is 4.41. The lowest BCUT2D eigenvalue weighted by molar-refractivity contribution is 0.311. The highest BCUT2D eigenvalue weighted by Gasteiger charge is 2.12. The van der Waals surface area contributed by atoms with E-state index < -0.39 is 0 Å². The summed E-state index contributed by atoms with van der Waals surface area (Å²) in [5.41, 5.74) is 4.17. The first-order valence-corrected chi connectivity index (χ1v) is 7.55. The number of hydrogen-bond acceptors (Lipinski definition) is 3. The Morgan fingerprint density at radius 2 is 1.76 bits per heavy atom. The molecule has 0 spiro atoms. The first-order chi connectivity index (χ1) is 10.3. The first kappa shape index (κ1) is 14.0. The molecule has 0 bridgehead atoms. The maximum Gasteiger partial charge on any atom is 0.142 e. The molecule has 0 saturated carbocycles. The zero-order chi connectivity index (χ0) is 14.5. The van der Waals surface area contributed by atoms with E-state index in [9.17, 15) is 0 Å². The lowest BCUT2D eigenvalue weighted by Gasteiger charge is -2.27. The lowest BCUT2D eigenvalue weighted by atomic mass is 10.0. The number of nitrogens with one attached hydrogen (secondary N) is 1. The van der Waals surface area contributed by atoms with Crippen LogP contribution < -0.4 is 15.0 Å². The molecule has 4 rings (SSSR count). The third-order valence-corrected chi connectivity index (χ3v) is 3.97. The Morgan fingerprint density at radius 3 is 2.57 bits per heavy atom. The monoisotopic (exact) mass is 282 g/mol. The molecule has 0 unspecified atom stereocenters. The summed E-state index contributed by atoms with van der Waals surface area (Å²) in [5, 5.41) is 3.34. The quantitative estimate of drug-likeness (QED) is 0.804. The highest BCUT2D eigenvalue weighted by Crippen LogP contribution is 2.29. The van der Waals surface area contributed by atoms with E-state index in [0.29, 0.717) is 0 Å². The summed E-state index contributed by atoms with van der Waals surface area (Å²) in [7, 11) is 2.08. The molecule has 0 saturated heterocycles. The number of anilines is 1. The van der Waals surface area contributed by atoms with E-state index in [1.807, 2.05) is 18.2 Å². The third-order valence-electron chi connectivity index (χ3n) is 3.97. The predicted octanol–water partition coefficient (Wildman–Crippen LogP) is 2.85. The molecular formula is C18H22N2O. The van der Waals surface area contributed by atoms with Gasteiger partial charge in [-0.15, -0.1) is 0 Å². The SMILES string of the molecule is CN1CCOc2ccccc21.c1ccc2c(c1)CCNC2. The van der Waals surface area contributed by atoms with Crippen molar-refractivity contribution < 1.29 is 4.74 Å². The van der Waals surface area contributed by atoms with Crippen molar-refractivity contribution in [1.29, 1.82) is 0 Å². The molecule has 21 heavy (non-hydrogen) atoms. The Morgan fingerprint density at radius 1 is 1.00 bits per heavy atom. The molecule has 2 aliphatic heterocycles. The maximum absolute atomic E-state index is 5.45. The second-order valence-corrected chi connectivity index (χ2v) is 5.43. The van der Waals surface area contributed by atoms with E-state index in [-0.39, 0.29) is 0 Å². The molecule has 2 aliphatic rings. The topological polar surface area (TPSA) is 24.5 Å². The molecule has 1 N–H and O–H groups in total. The lowest BCUT2D eigenvalue weighted by Crippen LogP contribution is -2.28. The van der Waals surface area contributed by atoms with Gasteiger partial charge < -0.3 is 15.0 Å². The summed E-state index contributed by atoms with van der Waals surface area (Å²) in [6.45, 7) is 3.97. The molecule has 0 aliphatic carbocycles. The van der Waals surface area contributed by atoms with E-state index in [1.54, 1.807) is 0 Å². The van der Waals surface area contributed by atoms with Crippen LogP contribution in [-0.2, 0) is 13.0 Å². The van der Waals surface area contributed by atoms with Gasteiger partial charge in [-0.3, -0.25) is 0 Å². The molecule has 0 fully saturated rings. The van der Waals surface area contributed by atoms with E-state index in [4.69, 9.17) is 4.74 Å². The Balaban J connectivity index is 0.000000126. The number of benzene rings is 2. The smallest absolute Gasteiger partial charge is 0.142 e. The summed E-state index contributed by atoms with van der Waals surface area (Å²) < 4.78 is 5.45. The molecule has 0 aromatic heterocycles. The number of fused-ring (bicyclic) bond motifs is 2. The number of hydrogen-bond donors (Lipinski definition) is 1. The zero-order valence-electron chi connectivity index (χ0n) is 12.5. The Labute approximate surface area is 126 Å². The maximum atomic E-state index is 5.45. The van der Waals surface area contributed by atoms with Crippen molar-refractivity contribution in [2.75, 3.05) is 31.6 Å². The molecule has 2 aromatic carbocycles. The first-order valence-electron chi connectivity index (χ1n) is 7.55. The van der Waals surface area contributed by atoms with Crippen LogP contribution in [0.25, 0.3) is 0 Å². The fraction of sp³-hybridized carbons (Fsp3) is 0.333. The van der Waals surface area contributed by atoms with E-state index in [1.165, 1.54) is 23.2 Å². The standard InChI is InChI=1S/C9H11NO.C9H11N/c1-10-6-7-11-9-5-3-2-4-8(9)10;1-2-4-9-7-10-6-5-8(9)3-1/h2-5H,6-7H2,1H3;1-4,10H,5-7H2. The molecule has 110 valence electrons. The van der Waals surface area contributed by atoms with E-state index >= 15 is 0 Å². The molecule has 0 amide bonds. The largest absolute Gasteiger partial charge is 0.490 e. The molecular weight excluding hydrogens is 260 g/mol. The van der Waals surface area contributed by atoms with Gasteiger partial charge in [0.2, 0.25) is 0 Å². The van der Waals surface area contributed by atoms with Gasteiger partial charge >= 0.3 is 0 Å². The number of likely N-dealkylation sites (N-methyl/N-ethyl adjacent to an activating group) is 1. The summed E-state index contributed by atoms with van der Waals surface area (Å²) in [6, 6.07) is 16.7. The second kappa shape index (κ2) is 6.64. The molecule has 0 atom stereocenters. The number of ether oxygens (including phenoxy) is 1. The minimum absolute atomic E-state index is 0.799. The van der Waals surface area contributed by atoms with Crippen LogP contribution in [0.15, 0.2) is 48.5 Å². The second-order valence-electron chi connectivity index (χ2n) is 5.43. The van der Waals surface area contributed by atoms with Gasteiger partial charge in [-0.2, -0.15) is 0 Å². The van der Waals surface area contributed by atoms with Crippen molar-refractivity contribution in [3.63, 3.8) is 0 Å². The van der Waals surface area contributed by atoms with Gasteiger partial charge in [0.15, 0.2) is 0 Å².